The van der Waals surface area contributed by atoms with Gasteiger partial charge in [0.1, 0.15) is 5.75 Å². The van der Waals surface area contributed by atoms with E-state index in [9.17, 15) is 9.90 Å². The monoisotopic (exact) mass is 240 g/mol. The third kappa shape index (κ3) is 3.55. The molecule has 5 heteroatoms. The van der Waals surface area contributed by atoms with Gasteiger partial charge in [0.2, 0.25) is 0 Å². The molecular weight excluding hydrogens is 224 g/mol. The lowest BCUT2D eigenvalue weighted by atomic mass is 10.1. The molecular formula is C12H16O5. The minimum absolute atomic E-state index is 0.0772. The number of ether oxygens (including phenoxy) is 2. The zero-order valence-corrected chi connectivity index (χ0v) is 9.90. The number of benzene rings is 1. The fourth-order valence-corrected chi connectivity index (χ4v) is 1.54. The molecule has 0 aliphatic carbocycles. The molecule has 5 nitrogen and oxygen atoms in total. The lowest BCUT2D eigenvalue weighted by Crippen LogP contribution is -1.97. The van der Waals surface area contributed by atoms with E-state index in [1.54, 1.807) is 6.07 Å². The van der Waals surface area contributed by atoms with E-state index >= 15 is 0 Å². The van der Waals surface area contributed by atoms with Crippen molar-refractivity contribution in [3.05, 3.63) is 17.7 Å². The second-order valence-corrected chi connectivity index (χ2v) is 3.58. The Balaban J connectivity index is 2.81. The van der Waals surface area contributed by atoms with Crippen LogP contribution < -0.4 is 9.47 Å². The van der Waals surface area contributed by atoms with Crippen LogP contribution in [0.4, 0.5) is 0 Å². The Morgan fingerprint density at radius 1 is 1.24 bits per heavy atom. The normalized spacial score (nSPS) is 10.0. The topological polar surface area (TPSA) is 76.0 Å². The van der Waals surface area contributed by atoms with E-state index < -0.39 is 5.97 Å². The molecule has 0 saturated heterocycles. The summed E-state index contributed by atoms with van der Waals surface area (Å²) in [6.45, 7) is 0. The number of carbonyl (C=O) groups is 1. The predicted octanol–water partition coefficient (Wildman–Crippen LogP) is 1.82. The highest BCUT2D eigenvalue weighted by atomic mass is 16.5. The molecule has 0 spiro atoms. The number of carboxylic acid groups (broad SMARTS) is 1. The zero-order valence-electron chi connectivity index (χ0n) is 9.90. The zero-order chi connectivity index (χ0) is 12.8. The minimum atomic E-state index is -0.843. The molecule has 0 unspecified atom stereocenters. The highest BCUT2D eigenvalue weighted by Gasteiger charge is 2.10. The molecule has 0 aliphatic heterocycles. The van der Waals surface area contributed by atoms with Gasteiger partial charge in [0, 0.05) is 12.5 Å². The van der Waals surface area contributed by atoms with Gasteiger partial charge < -0.3 is 19.7 Å². The molecule has 1 aromatic carbocycles. The Labute approximate surface area is 99.6 Å². The van der Waals surface area contributed by atoms with Crippen LogP contribution in [0, 0.1) is 0 Å². The summed E-state index contributed by atoms with van der Waals surface area (Å²) in [6, 6.07) is 3.13. The van der Waals surface area contributed by atoms with Crippen molar-refractivity contribution in [1.29, 1.82) is 0 Å². The number of rotatable bonds is 6. The van der Waals surface area contributed by atoms with E-state index in [0.29, 0.717) is 29.9 Å². The molecule has 94 valence electrons. The molecule has 1 aromatic rings. The molecule has 0 aliphatic rings. The molecule has 0 saturated carbocycles. The number of phenols is 1. The van der Waals surface area contributed by atoms with Crippen LogP contribution >= 0.6 is 0 Å². The Morgan fingerprint density at radius 2 is 1.82 bits per heavy atom. The summed E-state index contributed by atoms with van der Waals surface area (Å²) in [5.74, 6) is 0.223. The minimum Gasteiger partial charge on any atom is -0.508 e. The Kier molecular flexibility index (Phi) is 4.63. The second kappa shape index (κ2) is 5.98. The van der Waals surface area contributed by atoms with E-state index in [0.717, 1.165) is 0 Å². The molecule has 0 amide bonds. The Bertz CT molecular complexity index is 400. The average molecular weight is 240 g/mol. The number of phenolic OH excluding ortho intramolecular Hbond substituents is 1. The van der Waals surface area contributed by atoms with Crippen LogP contribution in [0.5, 0.6) is 17.2 Å². The van der Waals surface area contributed by atoms with Crippen LogP contribution in [0.3, 0.4) is 0 Å². The average Bonchev–Trinajstić information content (AvgIpc) is 2.30. The van der Waals surface area contributed by atoms with Crippen molar-refractivity contribution in [3.8, 4) is 17.2 Å². The van der Waals surface area contributed by atoms with Gasteiger partial charge in [-0.2, -0.15) is 0 Å². The third-order valence-corrected chi connectivity index (χ3v) is 2.42. The first-order chi connectivity index (χ1) is 8.08. The largest absolute Gasteiger partial charge is 0.508 e. The summed E-state index contributed by atoms with van der Waals surface area (Å²) in [5.41, 5.74) is 0.656. The smallest absolute Gasteiger partial charge is 0.303 e. The Hall–Kier alpha value is -1.91. The highest BCUT2D eigenvalue weighted by molar-refractivity contribution is 5.66. The van der Waals surface area contributed by atoms with Crippen LogP contribution in [0.1, 0.15) is 18.4 Å². The van der Waals surface area contributed by atoms with E-state index in [-0.39, 0.29) is 12.2 Å². The first kappa shape index (κ1) is 13.2. The van der Waals surface area contributed by atoms with Crippen molar-refractivity contribution >= 4 is 5.97 Å². The summed E-state index contributed by atoms with van der Waals surface area (Å²) in [6.07, 6.45) is 1.03. The van der Waals surface area contributed by atoms with E-state index in [1.165, 1.54) is 20.3 Å². The number of methoxy groups -OCH3 is 2. The maximum absolute atomic E-state index is 10.4. The maximum Gasteiger partial charge on any atom is 0.303 e. The highest BCUT2D eigenvalue weighted by Crippen LogP contribution is 2.34. The molecule has 0 aromatic heterocycles. The van der Waals surface area contributed by atoms with Gasteiger partial charge in [-0.15, -0.1) is 0 Å². The lowest BCUT2D eigenvalue weighted by molar-refractivity contribution is -0.137. The van der Waals surface area contributed by atoms with Crippen molar-refractivity contribution in [2.45, 2.75) is 19.3 Å². The molecule has 0 heterocycles. The summed E-state index contributed by atoms with van der Waals surface area (Å²) in [4.78, 5) is 10.4. The van der Waals surface area contributed by atoms with Gasteiger partial charge in [-0.05, 0) is 24.5 Å². The van der Waals surface area contributed by atoms with Crippen molar-refractivity contribution in [1.82, 2.24) is 0 Å². The number of aromatic hydroxyl groups is 1. The number of hydrogen-bond acceptors (Lipinski definition) is 4. The van der Waals surface area contributed by atoms with E-state index in [1.807, 2.05) is 0 Å². The van der Waals surface area contributed by atoms with Crippen LogP contribution in [0.25, 0.3) is 0 Å². The molecule has 0 bridgehead atoms. The van der Waals surface area contributed by atoms with Crippen molar-refractivity contribution in [2.75, 3.05) is 14.2 Å². The van der Waals surface area contributed by atoms with Gasteiger partial charge in [-0.3, -0.25) is 4.79 Å². The van der Waals surface area contributed by atoms with Crippen molar-refractivity contribution in [3.63, 3.8) is 0 Å². The number of hydrogen-bond donors (Lipinski definition) is 2. The quantitative estimate of drug-likeness (QED) is 0.793. The van der Waals surface area contributed by atoms with Crippen LogP contribution in [-0.2, 0) is 11.2 Å². The number of aryl methyl sites for hydroxylation is 1. The number of carboxylic acids is 1. The molecule has 17 heavy (non-hydrogen) atoms. The van der Waals surface area contributed by atoms with Gasteiger partial charge in [0.15, 0.2) is 11.5 Å². The summed E-state index contributed by atoms with van der Waals surface area (Å²) >= 11 is 0. The predicted molar refractivity (Wildman–Crippen MR) is 61.8 cm³/mol. The molecule has 0 atom stereocenters. The molecule has 2 N–H and O–H groups in total. The van der Waals surface area contributed by atoms with Crippen molar-refractivity contribution in [2.24, 2.45) is 0 Å². The first-order valence-electron chi connectivity index (χ1n) is 5.24. The SMILES string of the molecule is COc1cc(O)c(CCCC(=O)O)cc1OC. The Morgan fingerprint density at radius 3 is 2.35 bits per heavy atom. The number of aliphatic carboxylic acids is 1. The van der Waals surface area contributed by atoms with Gasteiger partial charge in [-0.1, -0.05) is 0 Å². The fraction of sp³-hybridized carbons (Fsp3) is 0.417. The lowest BCUT2D eigenvalue weighted by Gasteiger charge is -2.11. The molecule has 0 radical (unpaired) electrons. The second-order valence-electron chi connectivity index (χ2n) is 3.58. The van der Waals surface area contributed by atoms with Gasteiger partial charge in [0.25, 0.3) is 0 Å². The maximum atomic E-state index is 10.4. The van der Waals surface area contributed by atoms with E-state index in [2.05, 4.69) is 0 Å². The fourth-order valence-electron chi connectivity index (χ4n) is 1.54. The summed E-state index contributed by atoms with van der Waals surface area (Å²) in [5, 5.41) is 18.3. The van der Waals surface area contributed by atoms with Crippen LogP contribution in [0.15, 0.2) is 12.1 Å². The van der Waals surface area contributed by atoms with Crippen LogP contribution in [-0.4, -0.2) is 30.4 Å². The van der Waals surface area contributed by atoms with Gasteiger partial charge in [-0.25, -0.2) is 0 Å². The van der Waals surface area contributed by atoms with Crippen molar-refractivity contribution < 1.29 is 24.5 Å². The summed E-state index contributed by atoms with van der Waals surface area (Å²) in [7, 11) is 3.00. The van der Waals surface area contributed by atoms with Gasteiger partial charge in [0.05, 0.1) is 14.2 Å². The standard InChI is InChI=1S/C12H16O5/c1-16-10-6-8(4-3-5-12(14)15)9(13)7-11(10)17-2/h6-7,13H,3-5H2,1-2H3,(H,14,15). The van der Waals surface area contributed by atoms with Crippen LogP contribution in [0.2, 0.25) is 0 Å². The third-order valence-electron chi connectivity index (χ3n) is 2.42. The molecule has 0 fully saturated rings. The van der Waals surface area contributed by atoms with Gasteiger partial charge >= 0.3 is 5.97 Å². The first-order valence-corrected chi connectivity index (χ1v) is 5.24. The van der Waals surface area contributed by atoms with E-state index in [4.69, 9.17) is 14.6 Å². The summed E-state index contributed by atoms with van der Waals surface area (Å²) < 4.78 is 10.1. The molecule has 1 rings (SSSR count).